The summed E-state index contributed by atoms with van der Waals surface area (Å²) in [7, 11) is 0. The maximum Gasteiger partial charge on any atom is 0.273 e. The summed E-state index contributed by atoms with van der Waals surface area (Å²) in [6, 6.07) is 20.4. The molecule has 0 saturated carbocycles. The van der Waals surface area contributed by atoms with Gasteiger partial charge in [-0.1, -0.05) is 65.8 Å². The van der Waals surface area contributed by atoms with E-state index in [9.17, 15) is 9.90 Å². The van der Waals surface area contributed by atoms with Gasteiger partial charge in [-0.3, -0.25) is 4.79 Å². The quantitative estimate of drug-likeness (QED) is 0.731. The third-order valence-corrected chi connectivity index (χ3v) is 3.69. The Bertz CT molecular complexity index is 785. The lowest BCUT2D eigenvalue weighted by Gasteiger charge is -2.10. The minimum absolute atomic E-state index is 0.225. The van der Waals surface area contributed by atoms with Crippen molar-refractivity contribution >= 4 is 5.91 Å². The molecule has 122 valence electrons. The highest BCUT2D eigenvalue weighted by Crippen LogP contribution is 2.20. The summed E-state index contributed by atoms with van der Waals surface area (Å²) in [6.45, 7) is 0.350. The van der Waals surface area contributed by atoms with Gasteiger partial charge in [0.2, 0.25) is 0 Å². The predicted octanol–water partition coefficient (Wildman–Crippen LogP) is 3.20. The Morgan fingerprint density at radius 3 is 2.46 bits per heavy atom. The Morgan fingerprint density at radius 1 is 1.08 bits per heavy atom. The van der Waals surface area contributed by atoms with E-state index in [4.69, 9.17) is 4.52 Å². The molecule has 0 aliphatic carbocycles. The van der Waals surface area contributed by atoms with Crippen LogP contribution in [0.3, 0.4) is 0 Å². The summed E-state index contributed by atoms with van der Waals surface area (Å²) in [5.74, 6) is 0.228. The fourth-order valence-electron chi connectivity index (χ4n) is 2.38. The summed E-state index contributed by atoms with van der Waals surface area (Å²) < 4.78 is 5.21. The van der Waals surface area contributed by atoms with E-state index in [0.29, 0.717) is 18.7 Å². The second-order valence-corrected chi connectivity index (χ2v) is 5.41. The zero-order valence-corrected chi connectivity index (χ0v) is 13.1. The Morgan fingerprint density at radius 2 is 1.75 bits per heavy atom. The van der Waals surface area contributed by atoms with Gasteiger partial charge in [0.05, 0.1) is 6.10 Å². The molecule has 0 unspecified atom stereocenters. The smallest absolute Gasteiger partial charge is 0.273 e. The highest BCUT2D eigenvalue weighted by Gasteiger charge is 2.14. The number of nitrogens with zero attached hydrogens (tertiary/aromatic N) is 1. The van der Waals surface area contributed by atoms with E-state index in [1.165, 1.54) is 0 Å². The SMILES string of the molecule is O=C(NCC[C@@H](O)c1ccccc1)c1cc(-c2ccccc2)on1. The molecule has 1 amide bonds. The van der Waals surface area contributed by atoms with E-state index in [0.717, 1.165) is 11.1 Å². The fourth-order valence-corrected chi connectivity index (χ4v) is 2.38. The minimum atomic E-state index is -0.608. The van der Waals surface area contributed by atoms with Gasteiger partial charge in [-0.2, -0.15) is 0 Å². The van der Waals surface area contributed by atoms with E-state index < -0.39 is 6.10 Å². The van der Waals surface area contributed by atoms with E-state index in [-0.39, 0.29) is 11.6 Å². The second-order valence-electron chi connectivity index (χ2n) is 5.41. The number of amides is 1. The molecule has 24 heavy (non-hydrogen) atoms. The van der Waals surface area contributed by atoms with Crippen molar-refractivity contribution in [3.63, 3.8) is 0 Å². The molecule has 5 nitrogen and oxygen atoms in total. The lowest BCUT2D eigenvalue weighted by atomic mass is 10.1. The molecule has 3 aromatic rings. The number of carbonyl (C=O) groups is 1. The second kappa shape index (κ2) is 7.57. The van der Waals surface area contributed by atoms with E-state index in [1.54, 1.807) is 6.07 Å². The lowest BCUT2D eigenvalue weighted by molar-refractivity contribution is 0.0933. The summed E-state index contributed by atoms with van der Waals surface area (Å²) in [6.07, 6.45) is -0.178. The van der Waals surface area contributed by atoms with Gasteiger partial charge in [-0.25, -0.2) is 0 Å². The van der Waals surface area contributed by atoms with Gasteiger partial charge in [0.15, 0.2) is 11.5 Å². The van der Waals surface area contributed by atoms with Crippen molar-refractivity contribution in [3.8, 4) is 11.3 Å². The number of benzene rings is 2. The van der Waals surface area contributed by atoms with Crippen molar-refractivity contribution < 1.29 is 14.4 Å². The molecule has 5 heteroatoms. The number of hydrogen-bond donors (Lipinski definition) is 2. The van der Waals surface area contributed by atoms with Gasteiger partial charge >= 0.3 is 0 Å². The van der Waals surface area contributed by atoms with Crippen molar-refractivity contribution in [1.29, 1.82) is 0 Å². The zero-order chi connectivity index (χ0) is 16.8. The Balaban J connectivity index is 1.53. The van der Waals surface area contributed by atoms with Crippen LogP contribution in [0.1, 0.15) is 28.6 Å². The first-order valence-corrected chi connectivity index (χ1v) is 7.77. The largest absolute Gasteiger partial charge is 0.388 e. The van der Waals surface area contributed by atoms with Crippen LogP contribution >= 0.6 is 0 Å². The van der Waals surface area contributed by atoms with Crippen LogP contribution in [0.4, 0.5) is 0 Å². The molecule has 0 aliphatic rings. The Kier molecular flexibility index (Phi) is 5.03. The fraction of sp³-hybridized carbons (Fsp3) is 0.158. The van der Waals surface area contributed by atoms with Gasteiger partial charge in [-0.05, 0) is 12.0 Å². The molecule has 0 radical (unpaired) electrons. The third kappa shape index (κ3) is 3.88. The first-order chi connectivity index (χ1) is 11.7. The molecule has 2 N–H and O–H groups in total. The van der Waals surface area contributed by atoms with Crippen molar-refractivity contribution in [2.45, 2.75) is 12.5 Å². The third-order valence-electron chi connectivity index (χ3n) is 3.69. The average molecular weight is 322 g/mol. The molecule has 3 rings (SSSR count). The van der Waals surface area contributed by atoms with Gasteiger partial charge in [0.25, 0.3) is 5.91 Å². The molecule has 0 spiro atoms. The molecule has 1 aromatic heterocycles. The molecule has 1 heterocycles. The van der Waals surface area contributed by atoms with Gasteiger partial charge in [0.1, 0.15) is 0 Å². The topological polar surface area (TPSA) is 75.4 Å². The van der Waals surface area contributed by atoms with Gasteiger partial charge in [0, 0.05) is 18.2 Å². The molecular formula is C19H18N2O3. The van der Waals surface area contributed by atoms with E-state index in [1.807, 2.05) is 60.7 Å². The molecule has 0 bridgehead atoms. The standard InChI is InChI=1S/C19H18N2O3/c22-17(14-7-3-1-4-8-14)11-12-20-19(23)16-13-18(24-21-16)15-9-5-2-6-10-15/h1-10,13,17,22H,11-12H2,(H,20,23)/t17-/m1/s1. The molecular weight excluding hydrogens is 304 g/mol. The van der Waals surface area contributed by atoms with Crippen molar-refractivity contribution in [2.75, 3.05) is 6.54 Å². The minimum Gasteiger partial charge on any atom is -0.388 e. The maximum absolute atomic E-state index is 12.1. The van der Waals surface area contributed by atoms with Crippen LogP contribution in [0, 0.1) is 0 Å². The van der Waals surface area contributed by atoms with E-state index >= 15 is 0 Å². The normalized spacial score (nSPS) is 11.9. The van der Waals surface area contributed by atoms with E-state index in [2.05, 4.69) is 10.5 Å². The Hall–Kier alpha value is -2.92. The number of aromatic nitrogens is 1. The van der Waals surface area contributed by atoms with Crippen molar-refractivity contribution in [2.24, 2.45) is 0 Å². The van der Waals surface area contributed by atoms with Crippen LogP contribution < -0.4 is 5.32 Å². The monoisotopic (exact) mass is 322 g/mol. The molecule has 0 fully saturated rings. The Labute approximate surface area is 139 Å². The van der Waals surface area contributed by atoms with Crippen molar-refractivity contribution in [1.82, 2.24) is 10.5 Å². The van der Waals surface area contributed by atoms with Crippen LogP contribution in [0.5, 0.6) is 0 Å². The molecule has 2 aromatic carbocycles. The number of nitrogens with one attached hydrogen (secondary N) is 1. The molecule has 0 saturated heterocycles. The van der Waals surface area contributed by atoms with Crippen LogP contribution in [0.2, 0.25) is 0 Å². The highest BCUT2D eigenvalue weighted by molar-refractivity contribution is 5.93. The highest BCUT2D eigenvalue weighted by atomic mass is 16.5. The molecule has 0 aliphatic heterocycles. The number of aliphatic hydroxyl groups is 1. The van der Waals surface area contributed by atoms with Crippen LogP contribution in [0.25, 0.3) is 11.3 Å². The number of rotatable bonds is 6. The maximum atomic E-state index is 12.1. The zero-order valence-electron chi connectivity index (χ0n) is 13.1. The summed E-state index contributed by atoms with van der Waals surface area (Å²) in [5, 5.41) is 16.6. The average Bonchev–Trinajstić information content (AvgIpc) is 3.13. The van der Waals surface area contributed by atoms with Crippen molar-refractivity contribution in [3.05, 3.63) is 78.0 Å². The first-order valence-electron chi connectivity index (χ1n) is 7.77. The number of hydrogen-bond acceptors (Lipinski definition) is 4. The summed E-state index contributed by atoms with van der Waals surface area (Å²) in [4.78, 5) is 12.1. The number of carbonyl (C=O) groups excluding carboxylic acids is 1. The van der Waals surface area contributed by atoms with Crippen LogP contribution in [-0.4, -0.2) is 22.7 Å². The van der Waals surface area contributed by atoms with Crippen LogP contribution in [-0.2, 0) is 0 Å². The van der Waals surface area contributed by atoms with Crippen LogP contribution in [0.15, 0.2) is 71.3 Å². The molecule has 1 atom stereocenters. The van der Waals surface area contributed by atoms with Gasteiger partial charge < -0.3 is 14.9 Å². The first kappa shape index (κ1) is 16.0. The summed E-state index contributed by atoms with van der Waals surface area (Å²) in [5.41, 5.74) is 1.92. The van der Waals surface area contributed by atoms with Gasteiger partial charge in [-0.15, -0.1) is 0 Å². The number of aliphatic hydroxyl groups excluding tert-OH is 1. The lowest BCUT2D eigenvalue weighted by Crippen LogP contribution is -2.25. The summed E-state index contributed by atoms with van der Waals surface area (Å²) >= 11 is 0. The predicted molar refractivity (Wildman–Crippen MR) is 90.3 cm³/mol.